The molecule has 0 aromatic heterocycles. The second-order valence-electron chi connectivity index (χ2n) is 5.00. The zero-order chi connectivity index (χ0) is 14.5. The second-order valence-corrected chi connectivity index (χ2v) is 5.40. The summed E-state index contributed by atoms with van der Waals surface area (Å²) in [4.78, 5) is 13.5. The van der Waals surface area contributed by atoms with Gasteiger partial charge in [0.05, 0.1) is 10.6 Å². The number of aldehydes is 1. The van der Waals surface area contributed by atoms with Crippen molar-refractivity contribution in [2.45, 2.75) is 26.4 Å². The van der Waals surface area contributed by atoms with Gasteiger partial charge in [0, 0.05) is 18.3 Å². The van der Waals surface area contributed by atoms with Crippen molar-refractivity contribution in [2.75, 3.05) is 4.90 Å². The van der Waals surface area contributed by atoms with Crippen molar-refractivity contribution in [3.8, 4) is 0 Å². The van der Waals surface area contributed by atoms with Crippen molar-refractivity contribution in [3.63, 3.8) is 0 Å². The van der Waals surface area contributed by atoms with Gasteiger partial charge in [0.1, 0.15) is 0 Å². The first-order valence-electron chi connectivity index (χ1n) is 6.67. The van der Waals surface area contributed by atoms with Gasteiger partial charge in [0.25, 0.3) is 0 Å². The number of rotatable bonds is 5. The lowest BCUT2D eigenvalue weighted by Crippen LogP contribution is -2.31. The van der Waals surface area contributed by atoms with Crippen LogP contribution in [-0.4, -0.2) is 12.3 Å². The molecular weight excluding hydrogens is 270 g/mol. The molecule has 0 aliphatic heterocycles. The quantitative estimate of drug-likeness (QED) is 0.751. The highest BCUT2D eigenvalue weighted by Gasteiger charge is 2.16. The number of hydrogen-bond donors (Lipinski definition) is 0. The molecule has 20 heavy (non-hydrogen) atoms. The standard InChI is InChI=1S/C17H18ClNO/c1-13(2)19(11-14-7-4-3-5-8-14)17-10-6-9-16(18)15(17)12-20/h3-10,12-13H,11H2,1-2H3. The predicted molar refractivity (Wildman–Crippen MR) is 84.6 cm³/mol. The third-order valence-corrected chi connectivity index (χ3v) is 3.61. The van der Waals surface area contributed by atoms with Gasteiger partial charge in [-0.2, -0.15) is 0 Å². The van der Waals surface area contributed by atoms with E-state index in [-0.39, 0.29) is 6.04 Å². The van der Waals surface area contributed by atoms with Crippen LogP contribution in [0.3, 0.4) is 0 Å². The Morgan fingerprint density at radius 2 is 1.80 bits per heavy atom. The molecule has 0 aliphatic carbocycles. The fourth-order valence-electron chi connectivity index (χ4n) is 2.22. The summed E-state index contributed by atoms with van der Waals surface area (Å²) in [5.41, 5.74) is 2.64. The van der Waals surface area contributed by atoms with E-state index in [0.717, 1.165) is 18.5 Å². The first-order valence-corrected chi connectivity index (χ1v) is 7.05. The van der Waals surface area contributed by atoms with Gasteiger partial charge in [0.2, 0.25) is 0 Å². The summed E-state index contributed by atoms with van der Waals surface area (Å²) in [5.74, 6) is 0. The van der Waals surface area contributed by atoms with Gasteiger partial charge >= 0.3 is 0 Å². The molecule has 0 fully saturated rings. The molecular formula is C17H18ClNO. The normalized spacial score (nSPS) is 10.6. The predicted octanol–water partition coefficient (Wildman–Crippen LogP) is 4.57. The van der Waals surface area contributed by atoms with Gasteiger partial charge in [-0.25, -0.2) is 0 Å². The topological polar surface area (TPSA) is 20.3 Å². The fourth-order valence-corrected chi connectivity index (χ4v) is 2.43. The van der Waals surface area contributed by atoms with Gasteiger partial charge < -0.3 is 4.90 Å². The molecule has 2 aromatic carbocycles. The molecule has 0 amide bonds. The number of halogens is 1. The molecule has 104 valence electrons. The van der Waals surface area contributed by atoms with E-state index in [4.69, 9.17) is 11.6 Å². The highest BCUT2D eigenvalue weighted by molar-refractivity contribution is 6.33. The van der Waals surface area contributed by atoms with Crippen molar-refractivity contribution < 1.29 is 4.79 Å². The third kappa shape index (κ3) is 3.20. The van der Waals surface area contributed by atoms with E-state index in [2.05, 4.69) is 30.9 Å². The minimum atomic E-state index is 0.271. The molecule has 0 N–H and O–H groups in total. The van der Waals surface area contributed by atoms with Crippen LogP contribution in [-0.2, 0) is 6.54 Å². The van der Waals surface area contributed by atoms with Crippen LogP contribution in [0.4, 0.5) is 5.69 Å². The molecule has 2 nitrogen and oxygen atoms in total. The first-order chi connectivity index (χ1) is 9.63. The summed E-state index contributed by atoms with van der Waals surface area (Å²) in [5, 5.41) is 0.496. The lowest BCUT2D eigenvalue weighted by Gasteiger charge is -2.30. The molecule has 0 atom stereocenters. The highest BCUT2D eigenvalue weighted by Crippen LogP contribution is 2.28. The SMILES string of the molecule is CC(C)N(Cc1ccccc1)c1cccc(Cl)c1C=O. The summed E-state index contributed by atoms with van der Waals surface area (Å²) in [6.07, 6.45) is 0.831. The summed E-state index contributed by atoms with van der Waals surface area (Å²) >= 11 is 6.12. The Hall–Kier alpha value is -1.80. The molecule has 0 heterocycles. The van der Waals surface area contributed by atoms with Crippen molar-refractivity contribution in [3.05, 3.63) is 64.7 Å². The molecule has 0 saturated heterocycles. The maximum absolute atomic E-state index is 11.3. The number of benzene rings is 2. The van der Waals surface area contributed by atoms with Crippen LogP contribution in [0.15, 0.2) is 48.5 Å². The molecule has 0 spiro atoms. The lowest BCUT2D eigenvalue weighted by molar-refractivity contribution is 0.112. The second kappa shape index (κ2) is 6.58. The molecule has 3 heteroatoms. The van der Waals surface area contributed by atoms with E-state index in [0.29, 0.717) is 10.6 Å². The van der Waals surface area contributed by atoms with Crippen molar-refractivity contribution in [2.24, 2.45) is 0 Å². The minimum absolute atomic E-state index is 0.271. The number of carbonyl (C=O) groups is 1. The summed E-state index contributed by atoms with van der Waals surface area (Å²) in [6, 6.07) is 16.0. The van der Waals surface area contributed by atoms with Crippen molar-refractivity contribution >= 4 is 23.6 Å². The van der Waals surface area contributed by atoms with Crippen LogP contribution in [0.25, 0.3) is 0 Å². The summed E-state index contributed by atoms with van der Waals surface area (Å²) in [6.45, 7) is 4.97. The third-order valence-electron chi connectivity index (χ3n) is 3.28. The molecule has 2 rings (SSSR count). The van der Waals surface area contributed by atoms with Crippen LogP contribution >= 0.6 is 11.6 Å². The number of hydrogen-bond acceptors (Lipinski definition) is 2. The molecule has 2 aromatic rings. The Morgan fingerprint density at radius 1 is 1.10 bits per heavy atom. The molecule has 0 saturated carbocycles. The Kier molecular flexibility index (Phi) is 4.80. The Morgan fingerprint density at radius 3 is 2.40 bits per heavy atom. The van der Waals surface area contributed by atoms with Gasteiger partial charge in [-0.1, -0.05) is 48.0 Å². The molecule has 0 aliphatic rings. The van der Waals surface area contributed by atoms with E-state index in [9.17, 15) is 4.79 Å². The number of nitrogens with zero attached hydrogens (tertiary/aromatic N) is 1. The number of carbonyl (C=O) groups excluding carboxylic acids is 1. The van der Waals surface area contributed by atoms with Crippen LogP contribution < -0.4 is 4.90 Å². The maximum Gasteiger partial charge on any atom is 0.153 e. The Labute approximate surface area is 125 Å². The van der Waals surface area contributed by atoms with E-state index in [1.807, 2.05) is 30.3 Å². The largest absolute Gasteiger partial charge is 0.364 e. The van der Waals surface area contributed by atoms with E-state index >= 15 is 0 Å². The number of anilines is 1. The van der Waals surface area contributed by atoms with Crippen LogP contribution in [0, 0.1) is 0 Å². The molecule has 0 unspecified atom stereocenters. The fraction of sp³-hybridized carbons (Fsp3) is 0.235. The van der Waals surface area contributed by atoms with Crippen LogP contribution in [0.1, 0.15) is 29.8 Å². The zero-order valence-corrected chi connectivity index (χ0v) is 12.5. The summed E-state index contributed by atoms with van der Waals surface area (Å²) in [7, 11) is 0. The average molecular weight is 288 g/mol. The Balaban J connectivity index is 2.39. The Bertz CT molecular complexity index is 581. The van der Waals surface area contributed by atoms with Gasteiger partial charge in [-0.05, 0) is 31.5 Å². The lowest BCUT2D eigenvalue weighted by atomic mass is 10.1. The first kappa shape index (κ1) is 14.6. The minimum Gasteiger partial charge on any atom is -0.364 e. The van der Waals surface area contributed by atoms with Gasteiger partial charge in [0.15, 0.2) is 6.29 Å². The maximum atomic E-state index is 11.3. The monoisotopic (exact) mass is 287 g/mol. The molecule has 0 radical (unpaired) electrons. The van der Waals surface area contributed by atoms with Gasteiger partial charge in [-0.3, -0.25) is 4.79 Å². The zero-order valence-electron chi connectivity index (χ0n) is 11.7. The van der Waals surface area contributed by atoms with E-state index in [1.54, 1.807) is 6.07 Å². The van der Waals surface area contributed by atoms with E-state index in [1.165, 1.54) is 5.56 Å². The van der Waals surface area contributed by atoms with Crippen molar-refractivity contribution in [1.82, 2.24) is 0 Å². The summed E-state index contributed by atoms with van der Waals surface area (Å²) < 4.78 is 0. The van der Waals surface area contributed by atoms with Gasteiger partial charge in [-0.15, -0.1) is 0 Å². The van der Waals surface area contributed by atoms with E-state index < -0.39 is 0 Å². The molecule has 0 bridgehead atoms. The van der Waals surface area contributed by atoms with Crippen molar-refractivity contribution in [1.29, 1.82) is 0 Å². The smallest absolute Gasteiger partial charge is 0.153 e. The van der Waals surface area contributed by atoms with Crippen LogP contribution in [0.2, 0.25) is 5.02 Å². The average Bonchev–Trinajstić information content (AvgIpc) is 2.45. The highest BCUT2D eigenvalue weighted by atomic mass is 35.5. The van der Waals surface area contributed by atoms with Crippen LogP contribution in [0.5, 0.6) is 0 Å².